The molecule has 4 aliphatic heterocycles. The Kier molecular flexibility index (Phi) is 6.47. The van der Waals surface area contributed by atoms with Crippen molar-refractivity contribution in [2.75, 3.05) is 39.3 Å². The lowest BCUT2D eigenvalue weighted by Crippen LogP contribution is -2.37. The van der Waals surface area contributed by atoms with Crippen LogP contribution in [-0.4, -0.2) is 78.0 Å². The van der Waals surface area contributed by atoms with Crippen molar-refractivity contribution >= 4 is 11.8 Å². The number of hydrogen-bond donors (Lipinski definition) is 0. The van der Waals surface area contributed by atoms with Gasteiger partial charge in [0.15, 0.2) is 0 Å². The number of likely N-dealkylation sites (tertiary alicyclic amines) is 3. The van der Waals surface area contributed by atoms with Crippen LogP contribution in [0.25, 0.3) is 0 Å². The topological polar surface area (TPSA) is 53.1 Å². The van der Waals surface area contributed by atoms with Crippen molar-refractivity contribution in [2.45, 2.75) is 57.2 Å². The monoisotopic (exact) mass is 443 g/mol. The summed E-state index contributed by atoms with van der Waals surface area (Å²) in [5.74, 6) is 0.523. The molecule has 4 aliphatic rings. The number of fused-ring (bicyclic) bond motifs is 1. The van der Waals surface area contributed by atoms with Crippen molar-refractivity contribution in [2.24, 2.45) is 11.8 Å². The largest absolute Gasteiger partial charge is 0.376 e. The molecule has 6 nitrogen and oxygen atoms in total. The first-order valence-corrected chi connectivity index (χ1v) is 12.2. The van der Waals surface area contributed by atoms with Crippen LogP contribution in [0.3, 0.4) is 0 Å². The maximum atomic E-state index is 13.7. The molecule has 0 unspecified atom stereocenters. The Labute approximate surface area is 189 Å². The summed E-state index contributed by atoms with van der Waals surface area (Å²) < 4.78 is 19.9. The fourth-order valence-corrected chi connectivity index (χ4v) is 6.25. The minimum atomic E-state index is -0.226. The third-order valence-electron chi connectivity index (χ3n) is 7.84. The third-order valence-corrected chi connectivity index (χ3v) is 7.84. The Hall–Kier alpha value is -1.99. The van der Waals surface area contributed by atoms with E-state index >= 15 is 0 Å². The molecule has 5 rings (SSSR count). The summed E-state index contributed by atoms with van der Waals surface area (Å²) in [6, 6.07) is 6.92. The van der Waals surface area contributed by atoms with Crippen LogP contribution < -0.4 is 0 Å². The first kappa shape index (κ1) is 21.8. The maximum Gasteiger partial charge on any atom is 0.225 e. The summed E-state index contributed by atoms with van der Waals surface area (Å²) in [5.41, 5.74) is 0.937. The number of rotatable bonds is 6. The molecule has 1 aromatic rings. The van der Waals surface area contributed by atoms with Gasteiger partial charge in [-0.25, -0.2) is 4.39 Å². The van der Waals surface area contributed by atoms with Crippen LogP contribution in [0, 0.1) is 17.7 Å². The van der Waals surface area contributed by atoms with Crippen molar-refractivity contribution < 1.29 is 18.7 Å². The molecular formula is C25H34FN3O3. The van der Waals surface area contributed by atoms with E-state index in [-0.39, 0.29) is 41.6 Å². The number of amides is 2. The number of hydrogen-bond acceptors (Lipinski definition) is 4. The minimum absolute atomic E-state index is 0.137. The molecule has 4 saturated heterocycles. The van der Waals surface area contributed by atoms with Crippen LogP contribution in [0.2, 0.25) is 0 Å². The molecule has 0 radical (unpaired) electrons. The molecule has 0 N–H and O–H groups in total. The maximum absolute atomic E-state index is 13.7. The van der Waals surface area contributed by atoms with Gasteiger partial charge in [0.1, 0.15) is 5.82 Å². The number of halogens is 1. The van der Waals surface area contributed by atoms with Crippen molar-refractivity contribution in [3.8, 4) is 0 Å². The molecule has 174 valence electrons. The van der Waals surface area contributed by atoms with E-state index in [0.29, 0.717) is 26.0 Å². The highest BCUT2D eigenvalue weighted by molar-refractivity contribution is 5.78. The van der Waals surface area contributed by atoms with Gasteiger partial charge in [-0.05, 0) is 49.3 Å². The van der Waals surface area contributed by atoms with E-state index in [2.05, 4.69) is 4.90 Å². The van der Waals surface area contributed by atoms with Gasteiger partial charge >= 0.3 is 0 Å². The zero-order valence-corrected chi connectivity index (χ0v) is 18.8. The van der Waals surface area contributed by atoms with Gasteiger partial charge in [0, 0.05) is 57.6 Å². The predicted molar refractivity (Wildman–Crippen MR) is 118 cm³/mol. The Morgan fingerprint density at radius 3 is 2.28 bits per heavy atom. The normalized spacial score (nSPS) is 30.3. The van der Waals surface area contributed by atoms with Crippen LogP contribution in [-0.2, 0) is 20.9 Å². The highest BCUT2D eigenvalue weighted by Gasteiger charge is 2.51. The van der Waals surface area contributed by atoms with Gasteiger partial charge < -0.3 is 14.5 Å². The zero-order chi connectivity index (χ0) is 22.1. The van der Waals surface area contributed by atoms with Crippen LogP contribution in [0.1, 0.15) is 44.1 Å². The van der Waals surface area contributed by atoms with Gasteiger partial charge in [0.05, 0.1) is 19.1 Å². The highest BCUT2D eigenvalue weighted by atomic mass is 19.1. The van der Waals surface area contributed by atoms with E-state index in [1.807, 2.05) is 15.9 Å². The van der Waals surface area contributed by atoms with Gasteiger partial charge in [0.2, 0.25) is 11.8 Å². The van der Waals surface area contributed by atoms with Crippen LogP contribution in [0.5, 0.6) is 0 Å². The SMILES string of the molecule is O=C(C[C@@H]1CN(Cc2cccc(F)c2)[C@@H]2CO[C@@H](CC(=O)N3CCCC3)[C@H]12)N1CCCC1. The van der Waals surface area contributed by atoms with Gasteiger partial charge in [0.25, 0.3) is 0 Å². The third kappa shape index (κ3) is 4.55. The van der Waals surface area contributed by atoms with E-state index in [0.717, 1.165) is 64.0 Å². The number of ether oxygens (including phenoxy) is 1. The Morgan fingerprint density at radius 1 is 0.969 bits per heavy atom. The van der Waals surface area contributed by atoms with Crippen molar-refractivity contribution in [1.29, 1.82) is 0 Å². The van der Waals surface area contributed by atoms with Crippen LogP contribution in [0.4, 0.5) is 4.39 Å². The first-order valence-electron chi connectivity index (χ1n) is 12.2. The molecule has 0 saturated carbocycles. The second kappa shape index (κ2) is 9.48. The highest BCUT2D eigenvalue weighted by Crippen LogP contribution is 2.42. The second-order valence-electron chi connectivity index (χ2n) is 9.92. The molecule has 0 spiro atoms. The fourth-order valence-electron chi connectivity index (χ4n) is 6.25. The van der Waals surface area contributed by atoms with Crippen molar-refractivity contribution in [3.05, 3.63) is 35.6 Å². The summed E-state index contributed by atoms with van der Waals surface area (Å²) in [4.78, 5) is 32.1. The summed E-state index contributed by atoms with van der Waals surface area (Å²) >= 11 is 0. The van der Waals surface area contributed by atoms with Crippen molar-refractivity contribution in [3.63, 3.8) is 0 Å². The van der Waals surface area contributed by atoms with E-state index in [4.69, 9.17) is 4.74 Å². The molecule has 32 heavy (non-hydrogen) atoms. The average molecular weight is 444 g/mol. The second-order valence-corrected chi connectivity index (χ2v) is 9.92. The van der Waals surface area contributed by atoms with Crippen LogP contribution >= 0.6 is 0 Å². The summed E-state index contributed by atoms with van der Waals surface area (Å²) in [6.45, 7) is 5.43. The molecule has 1 aromatic carbocycles. The lowest BCUT2D eigenvalue weighted by atomic mass is 9.84. The van der Waals surface area contributed by atoms with E-state index in [1.165, 1.54) is 6.07 Å². The summed E-state index contributed by atoms with van der Waals surface area (Å²) in [7, 11) is 0. The lowest BCUT2D eigenvalue weighted by Gasteiger charge is -2.26. The molecule has 0 aliphatic carbocycles. The van der Waals surface area contributed by atoms with Gasteiger partial charge in [-0.15, -0.1) is 0 Å². The van der Waals surface area contributed by atoms with Crippen molar-refractivity contribution in [1.82, 2.24) is 14.7 Å². The number of benzene rings is 1. The summed E-state index contributed by atoms with van der Waals surface area (Å²) in [6.07, 6.45) is 5.12. The van der Waals surface area contributed by atoms with Gasteiger partial charge in [-0.1, -0.05) is 12.1 Å². The molecule has 0 aromatic heterocycles. The molecule has 2 amide bonds. The Bertz CT molecular complexity index is 837. The number of nitrogens with zero attached hydrogens (tertiary/aromatic N) is 3. The number of carbonyl (C=O) groups is 2. The lowest BCUT2D eigenvalue weighted by molar-refractivity contribution is -0.133. The molecular weight excluding hydrogens is 409 g/mol. The van der Waals surface area contributed by atoms with Gasteiger partial charge in [-0.2, -0.15) is 0 Å². The van der Waals surface area contributed by atoms with Crippen LogP contribution in [0.15, 0.2) is 24.3 Å². The molecule has 7 heteroatoms. The smallest absolute Gasteiger partial charge is 0.225 e. The zero-order valence-electron chi connectivity index (χ0n) is 18.8. The average Bonchev–Trinajstić information content (AvgIpc) is 3.57. The van der Waals surface area contributed by atoms with E-state index in [1.54, 1.807) is 12.1 Å². The quantitative estimate of drug-likeness (QED) is 0.678. The Morgan fingerprint density at radius 2 is 1.62 bits per heavy atom. The molecule has 0 bridgehead atoms. The minimum Gasteiger partial charge on any atom is -0.376 e. The predicted octanol–water partition coefficient (Wildman–Crippen LogP) is 2.67. The molecule has 4 fully saturated rings. The molecule has 4 heterocycles. The first-order chi connectivity index (χ1) is 15.6. The summed E-state index contributed by atoms with van der Waals surface area (Å²) in [5, 5.41) is 0. The number of carbonyl (C=O) groups excluding carboxylic acids is 2. The van der Waals surface area contributed by atoms with Gasteiger partial charge in [-0.3, -0.25) is 14.5 Å². The molecule has 4 atom stereocenters. The van der Waals surface area contributed by atoms with E-state index < -0.39 is 0 Å². The Balaban J connectivity index is 1.31. The van der Waals surface area contributed by atoms with E-state index in [9.17, 15) is 14.0 Å². The fraction of sp³-hybridized carbons (Fsp3) is 0.680. The standard InChI is InChI=1S/C25H34FN3O3/c26-20-7-5-6-18(12-20)15-29-16-19(13-23(30)27-8-1-2-9-27)25-21(29)17-32-22(25)14-24(31)28-10-3-4-11-28/h5-7,12,19,21-22,25H,1-4,8-11,13-17H2/t19-,21-,22+,25-/m1/s1.